The molecule has 1 aliphatic rings. The molecule has 0 spiro atoms. The quantitative estimate of drug-likeness (QED) is 0.758. The lowest BCUT2D eigenvalue weighted by Gasteiger charge is -2.28. The van der Waals surface area contributed by atoms with Crippen molar-refractivity contribution in [2.24, 2.45) is 16.2 Å². The molecule has 0 aromatic carbocycles. The van der Waals surface area contributed by atoms with Crippen molar-refractivity contribution in [1.82, 2.24) is 0 Å². The summed E-state index contributed by atoms with van der Waals surface area (Å²) in [5.41, 5.74) is 2.13. The van der Waals surface area contributed by atoms with Gasteiger partial charge in [0, 0.05) is 0 Å². The summed E-state index contributed by atoms with van der Waals surface area (Å²) < 4.78 is 38.6. The van der Waals surface area contributed by atoms with Gasteiger partial charge in [0.25, 0.3) is 6.10 Å². The molecule has 0 heterocycles. The molecule has 0 saturated carbocycles. The molecular formula is C19H31ClO4. The van der Waals surface area contributed by atoms with Crippen LogP contribution < -0.4 is 14.0 Å². The van der Waals surface area contributed by atoms with E-state index < -0.39 is 16.3 Å². The SMILES string of the molecule is CC(C)(C)C1=CC(C(C)(C)C)=CC(O[Cl+3]([O-])([O-])[O-])C(C(C)(C)C)=C1. The van der Waals surface area contributed by atoms with Gasteiger partial charge in [-0.2, -0.15) is 14.0 Å². The second-order valence-corrected chi connectivity index (χ2v) is 10.4. The van der Waals surface area contributed by atoms with E-state index in [1.54, 1.807) is 6.08 Å². The summed E-state index contributed by atoms with van der Waals surface area (Å²) in [6.45, 7) is 18.5. The molecule has 0 saturated heterocycles. The molecule has 0 aliphatic heterocycles. The lowest BCUT2D eigenvalue weighted by molar-refractivity contribution is -1.92. The van der Waals surface area contributed by atoms with Crippen LogP contribution in [0.15, 0.2) is 34.9 Å². The Bertz CT molecular complexity index is 558. The average Bonchev–Trinajstić information content (AvgIpc) is 2.44. The maximum absolute atomic E-state index is 11.2. The molecule has 1 aliphatic carbocycles. The first-order valence-electron chi connectivity index (χ1n) is 8.17. The third-order valence-electron chi connectivity index (χ3n) is 4.06. The molecule has 4 nitrogen and oxygen atoms in total. The predicted molar refractivity (Wildman–Crippen MR) is 87.5 cm³/mol. The highest BCUT2D eigenvalue weighted by molar-refractivity contribution is 5.45. The Morgan fingerprint density at radius 2 is 1.21 bits per heavy atom. The molecule has 0 aromatic rings. The van der Waals surface area contributed by atoms with Gasteiger partial charge in [-0.15, -0.1) is 0 Å². The lowest BCUT2D eigenvalue weighted by Crippen LogP contribution is -2.62. The highest BCUT2D eigenvalue weighted by atomic mass is 35.7. The summed E-state index contributed by atoms with van der Waals surface area (Å²) in [6.07, 6.45) is 4.93. The summed E-state index contributed by atoms with van der Waals surface area (Å²) >= 11 is 0. The number of hydrogen-bond donors (Lipinski definition) is 0. The van der Waals surface area contributed by atoms with Crippen LogP contribution in [0.4, 0.5) is 0 Å². The van der Waals surface area contributed by atoms with Crippen LogP contribution in [0.5, 0.6) is 0 Å². The van der Waals surface area contributed by atoms with Crippen molar-refractivity contribution in [3.8, 4) is 0 Å². The van der Waals surface area contributed by atoms with E-state index in [-0.39, 0.29) is 16.2 Å². The predicted octanol–water partition coefficient (Wildman–Crippen LogP) is 2.20. The van der Waals surface area contributed by atoms with E-state index >= 15 is 0 Å². The minimum Gasteiger partial charge on any atom is -0.183 e. The van der Waals surface area contributed by atoms with Gasteiger partial charge in [-0.05, 0) is 39.0 Å². The maximum atomic E-state index is 11.2. The van der Waals surface area contributed by atoms with Crippen LogP contribution >= 0.6 is 0 Å². The van der Waals surface area contributed by atoms with Gasteiger partial charge >= 0.3 is 0 Å². The highest BCUT2D eigenvalue weighted by Crippen LogP contribution is 2.41. The Kier molecular flexibility index (Phi) is 5.86. The van der Waals surface area contributed by atoms with Crippen LogP contribution in [0.1, 0.15) is 62.3 Å². The monoisotopic (exact) mass is 358 g/mol. The lowest BCUT2D eigenvalue weighted by atomic mass is 9.78. The van der Waals surface area contributed by atoms with Crippen molar-refractivity contribution in [2.45, 2.75) is 68.4 Å². The van der Waals surface area contributed by atoms with Crippen molar-refractivity contribution < 1.29 is 28.5 Å². The molecule has 24 heavy (non-hydrogen) atoms. The summed E-state index contributed by atoms with van der Waals surface area (Å²) in [5.74, 6) is 0. The molecular weight excluding hydrogens is 328 g/mol. The molecule has 0 radical (unpaired) electrons. The van der Waals surface area contributed by atoms with Gasteiger partial charge in [0.2, 0.25) is 0 Å². The Hall–Kier alpha value is -0.650. The zero-order valence-electron chi connectivity index (χ0n) is 16.3. The summed E-state index contributed by atoms with van der Waals surface area (Å²) in [5, 5.41) is 0. The minimum atomic E-state index is -4.52. The number of allylic oxidation sites excluding steroid dienone is 4. The normalized spacial score (nSPS) is 21.0. The summed E-state index contributed by atoms with van der Waals surface area (Å²) in [7, 11) is -4.52. The van der Waals surface area contributed by atoms with Gasteiger partial charge in [0.1, 0.15) is 0 Å². The minimum absolute atomic E-state index is 0.121. The van der Waals surface area contributed by atoms with Gasteiger partial charge in [-0.25, -0.2) is 0 Å². The van der Waals surface area contributed by atoms with E-state index in [9.17, 15) is 14.0 Å². The van der Waals surface area contributed by atoms with Crippen LogP contribution in [0.2, 0.25) is 0 Å². The van der Waals surface area contributed by atoms with Crippen LogP contribution in [0, 0.1) is 26.5 Å². The standard InChI is InChI=1S/C19H31ClO4/c1-17(2,3)13-10-14(18(4,5)6)12-16(24-20(21,22)23)15(11-13)19(7,8)9/h10-12,16H,1-9H3. The van der Waals surface area contributed by atoms with Gasteiger partial charge < -0.3 is 0 Å². The Labute approximate surface area is 148 Å². The Balaban J connectivity index is 3.62. The second-order valence-electron chi connectivity index (χ2n) is 9.46. The molecule has 0 amide bonds. The molecule has 5 heteroatoms. The van der Waals surface area contributed by atoms with E-state index in [0.717, 1.165) is 16.7 Å². The van der Waals surface area contributed by atoms with Crippen LogP contribution in [0.25, 0.3) is 0 Å². The molecule has 0 fully saturated rings. The molecule has 0 bridgehead atoms. The first-order chi connectivity index (χ1) is 10.4. The Morgan fingerprint density at radius 3 is 1.54 bits per heavy atom. The molecule has 0 N–H and O–H groups in total. The maximum Gasteiger partial charge on any atom is 0.254 e. The van der Waals surface area contributed by atoms with Crippen molar-refractivity contribution in [1.29, 1.82) is 0 Å². The van der Waals surface area contributed by atoms with Gasteiger partial charge in [-0.3, -0.25) is 0 Å². The fraction of sp³-hybridized carbons (Fsp3) is 0.684. The molecule has 1 rings (SSSR count). The third-order valence-corrected chi connectivity index (χ3v) is 4.47. The van der Waals surface area contributed by atoms with Crippen LogP contribution in [-0.4, -0.2) is 6.10 Å². The average molecular weight is 359 g/mol. The molecule has 1 unspecified atom stereocenters. The molecule has 1 atom stereocenters. The van der Waals surface area contributed by atoms with Gasteiger partial charge in [0.05, 0.1) is 14.5 Å². The molecule has 0 aromatic heterocycles. The first-order valence-corrected chi connectivity index (χ1v) is 9.40. The zero-order valence-corrected chi connectivity index (χ0v) is 17.1. The largest absolute Gasteiger partial charge is 0.254 e. The number of rotatable bonds is 2. The third kappa shape index (κ3) is 6.01. The van der Waals surface area contributed by atoms with E-state index in [4.69, 9.17) is 4.29 Å². The van der Waals surface area contributed by atoms with Crippen molar-refractivity contribution in [3.05, 3.63) is 34.9 Å². The van der Waals surface area contributed by atoms with Crippen molar-refractivity contribution in [3.63, 3.8) is 0 Å². The van der Waals surface area contributed by atoms with Gasteiger partial charge in [-0.1, -0.05) is 74.5 Å². The summed E-state index contributed by atoms with van der Waals surface area (Å²) in [6, 6.07) is 0. The Morgan fingerprint density at radius 1 is 0.750 bits per heavy atom. The highest BCUT2D eigenvalue weighted by Gasteiger charge is 2.39. The van der Waals surface area contributed by atoms with Crippen molar-refractivity contribution in [2.75, 3.05) is 0 Å². The van der Waals surface area contributed by atoms with E-state index in [2.05, 4.69) is 47.6 Å². The molecule has 138 valence electrons. The fourth-order valence-electron chi connectivity index (χ4n) is 2.49. The zero-order chi connectivity index (χ0) is 19.1. The smallest absolute Gasteiger partial charge is 0.183 e. The van der Waals surface area contributed by atoms with Crippen LogP contribution in [-0.2, 0) is 4.29 Å². The fourth-order valence-corrected chi connectivity index (χ4v) is 2.88. The van der Waals surface area contributed by atoms with Gasteiger partial charge in [0.15, 0.2) is 0 Å². The van der Waals surface area contributed by atoms with Crippen LogP contribution in [0.3, 0.4) is 0 Å². The van der Waals surface area contributed by atoms with Crippen molar-refractivity contribution >= 4 is 0 Å². The summed E-state index contributed by atoms with van der Waals surface area (Å²) in [4.78, 5) is 0. The number of hydrogen-bond acceptors (Lipinski definition) is 4. The first kappa shape index (κ1) is 21.4. The van der Waals surface area contributed by atoms with E-state index in [1.807, 2.05) is 26.8 Å². The second kappa shape index (κ2) is 6.58. The van der Waals surface area contributed by atoms with E-state index in [1.165, 1.54) is 0 Å². The number of halogens is 1. The van der Waals surface area contributed by atoms with E-state index in [0.29, 0.717) is 0 Å². The topological polar surface area (TPSA) is 78.4 Å².